The molecule has 0 aliphatic carbocycles. The molecule has 6 atom stereocenters. The largest absolute Gasteiger partial charge is 0.460 e. The Bertz CT molecular complexity index is 1300. The number of nitrogens with zero attached hydrogens (tertiary/aromatic N) is 2. The van der Waals surface area contributed by atoms with Crippen LogP contribution in [-0.2, 0) is 28.7 Å². The van der Waals surface area contributed by atoms with Crippen LogP contribution in [0.1, 0.15) is 51.0 Å². The minimum absolute atomic E-state index is 0.0977. The SMILES string of the molecule is Cc1cccc(Cl)c1N1C/C=C\CCC(=O)NC[C@H](C)OC(=O)[C@@H]2[C@H]3C(=O)N(CCCCCCO)[C@H](C1=O)[C@]31C=C[C@H]2O1. The number of halogens is 1. The zero-order valence-corrected chi connectivity index (χ0v) is 25.4. The summed E-state index contributed by atoms with van der Waals surface area (Å²) in [6.45, 7) is 4.27. The molecule has 2 N–H and O–H groups in total. The number of aliphatic hydroxyl groups excluding tert-OH is 1. The Morgan fingerprint density at radius 3 is 2.65 bits per heavy atom. The number of rotatable bonds is 7. The van der Waals surface area contributed by atoms with Gasteiger partial charge in [0.05, 0.1) is 29.3 Å². The number of aliphatic hydroxyl groups is 1. The lowest BCUT2D eigenvalue weighted by molar-refractivity contribution is -0.158. The number of carbonyl (C=O) groups is 4. The molecule has 232 valence electrons. The second-order valence-corrected chi connectivity index (χ2v) is 12.2. The van der Waals surface area contributed by atoms with E-state index in [1.165, 1.54) is 0 Å². The third kappa shape index (κ3) is 5.97. The molecule has 2 saturated heterocycles. The predicted molar refractivity (Wildman–Crippen MR) is 160 cm³/mol. The first-order chi connectivity index (χ1) is 20.7. The number of amides is 3. The van der Waals surface area contributed by atoms with Gasteiger partial charge in [0.15, 0.2) is 0 Å². The first-order valence-corrected chi connectivity index (χ1v) is 15.5. The number of hydrogen-bond acceptors (Lipinski definition) is 7. The van der Waals surface area contributed by atoms with Gasteiger partial charge in [-0.15, -0.1) is 0 Å². The standard InChI is InChI=1S/C32H40ClN3O7/c1-20-11-10-12-22(33)27(20)35-16-8-5-6-13-24(38)34-19-21(2)42-31(41)25-23-14-15-32(43-23)26(25)29(39)36(28(32)30(35)40)17-7-3-4-9-18-37/h5,8,10-12,14-15,21,23,25-26,28,37H,3-4,6-7,9,13,16-19H2,1-2H3,(H,34,38)/b8-5-/t21-,23+,25-,26-,28+,32-/m0/s1. The van der Waals surface area contributed by atoms with Gasteiger partial charge in [-0.1, -0.05) is 60.9 Å². The number of para-hydroxylation sites is 1. The van der Waals surface area contributed by atoms with Crippen molar-refractivity contribution in [3.63, 3.8) is 0 Å². The zero-order valence-electron chi connectivity index (χ0n) is 24.7. The Balaban J connectivity index is 1.57. The van der Waals surface area contributed by atoms with E-state index < -0.39 is 41.7 Å². The summed E-state index contributed by atoms with van der Waals surface area (Å²) in [6.07, 6.45) is 9.44. The molecular formula is C32H40ClN3O7. The highest BCUT2D eigenvalue weighted by Gasteiger charge is 2.73. The molecule has 4 heterocycles. The molecule has 4 aliphatic heterocycles. The van der Waals surface area contributed by atoms with Crippen molar-refractivity contribution >= 4 is 41.0 Å². The predicted octanol–water partition coefficient (Wildman–Crippen LogP) is 3.08. The number of fused-ring (bicyclic) bond motifs is 2. The maximum absolute atomic E-state index is 14.8. The Morgan fingerprint density at radius 1 is 1.09 bits per heavy atom. The molecule has 0 aromatic heterocycles. The first kappa shape index (κ1) is 31.2. The number of carbonyl (C=O) groups excluding carboxylic acids is 4. The number of allylic oxidation sites excluding steroid dienone is 1. The molecule has 4 aliphatic rings. The Labute approximate surface area is 257 Å². The molecule has 2 fully saturated rings. The summed E-state index contributed by atoms with van der Waals surface area (Å²) in [5, 5.41) is 12.4. The third-order valence-electron chi connectivity index (χ3n) is 8.81. The lowest BCUT2D eigenvalue weighted by Gasteiger charge is -2.36. The summed E-state index contributed by atoms with van der Waals surface area (Å²) in [5.41, 5.74) is -0.0158. The maximum atomic E-state index is 14.8. The zero-order chi connectivity index (χ0) is 30.7. The minimum atomic E-state index is -1.34. The van der Waals surface area contributed by atoms with Crippen LogP contribution in [0.4, 0.5) is 5.69 Å². The van der Waals surface area contributed by atoms with Crippen molar-refractivity contribution in [3.8, 4) is 0 Å². The Morgan fingerprint density at radius 2 is 1.88 bits per heavy atom. The van der Waals surface area contributed by atoms with E-state index in [0.717, 1.165) is 18.4 Å². The van der Waals surface area contributed by atoms with E-state index in [0.29, 0.717) is 36.5 Å². The monoisotopic (exact) mass is 613 g/mol. The lowest BCUT2D eigenvalue weighted by Crippen LogP contribution is -2.56. The second-order valence-electron chi connectivity index (χ2n) is 11.8. The van der Waals surface area contributed by atoms with Crippen LogP contribution >= 0.6 is 11.6 Å². The normalized spacial score (nSPS) is 31.8. The smallest absolute Gasteiger partial charge is 0.313 e. The molecular weight excluding hydrogens is 574 g/mol. The molecule has 11 heteroatoms. The van der Waals surface area contributed by atoms with Gasteiger partial charge in [0, 0.05) is 26.1 Å². The molecule has 3 amide bonds. The average molecular weight is 614 g/mol. The van der Waals surface area contributed by atoms with Crippen LogP contribution in [0.15, 0.2) is 42.5 Å². The van der Waals surface area contributed by atoms with E-state index in [9.17, 15) is 24.3 Å². The molecule has 1 spiro atoms. The van der Waals surface area contributed by atoms with Crippen LogP contribution in [0, 0.1) is 18.8 Å². The number of esters is 1. The van der Waals surface area contributed by atoms with Gasteiger partial charge in [-0.05, 0) is 44.7 Å². The summed E-state index contributed by atoms with van der Waals surface area (Å²) < 4.78 is 12.2. The van der Waals surface area contributed by atoms with E-state index in [-0.39, 0.29) is 43.8 Å². The number of likely N-dealkylation sites (tertiary alicyclic amines) is 1. The van der Waals surface area contributed by atoms with Crippen molar-refractivity contribution in [1.82, 2.24) is 10.2 Å². The maximum Gasteiger partial charge on any atom is 0.313 e. The number of benzene rings is 1. The highest BCUT2D eigenvalue weighted by atomic mass is 35.5. The van der Waals surface area contributed by atoms with Crippen molar-refractivity contribution in [2.24, 2.45) is 11.8 Å². The number of nitrogens with one attached hydrogen (secondary N) is 1. The summed E-state index contributed by atoms with van der Waals surface area (Å²) >= 11 is 6.69. The lowest BCUT2D eigenvalue weighted by atomic mass is 9.74. The van der Waals surface area contributed by atoms with Gasteiger partial charge in [0.25, 0.3) is 5.91 Å². The summed E-state index contributed by atoms with van der Waals surface area (Å²) in [7, 11) is 0. The van der Waals surface area contributed by atoms with Crippen LogP contribution in [0.25, 0.3) is 0 Å². The molecule has 0 radical (unpaired) electrons. The quantitative estimate of drug-likeness (QED) is 0.275. The summed E-state index contributed by atoms with van der Waals surface area (Å²) in [4.78, 5) is 58.2. The number of unbranched alkanes of at least 4 members (excludes halogenated alkanes) is 3. The van der Waals surface area contributed by atoms with Crippen molar-refractivity contribution < 1.29 is 33.8 Å². The van der Waals surface area contributed by atoms with E-state index in [1.54, 1.807) is 34.9 Å². The van der Waals surface area contributed by atoms with E-state index in [2.05, 4.69) is 5.32 Å². The number of anilines is 1. The number of cyclic esters (lactones) is 1. The highest BCUT2D eigenvalue weighted by molar-refractivity contribution is 6.34. The topological polar surface area (TPSA) is 125 Å². The molecule has 43 heavy (non-hydrogen) atoms. The fourth-order valence-electron chi connectivity index (χ4n) is 6.79. The third-order valence-corrected chi connectivity index (χ3v) is 9.11. The van der Waals surface area contributed by atoms with Crippen LogP contribution < -0.4 is 10.2 Å². The van der Waals surface area contributed by atoms with Gasteiger partial charge < -0.3 is 29.7 Å². The van der Waals surface area contributed by atoms with Gasteiger partial charge in [0.2, 0.25) is 11.8 Å². The van der Waals surface area contributed by atoms with Crippen molar-refractivity contribution in [2.45, 2.75) is 76.2 Å². The van der Waals surface area contributed by atoms with Crippen LogP contribution in [0.3, 0.4) is 0 Å². The van der Waals surface area contributed by atoms with E-state index >= 15 is 0 Å². The first-order valence-electron chi connectivity index (χ1n) is 15.2. The Hall–Kier alpha value is -3.21. The fraction of sp³-hybridized carbons (Fsp3) is 0.562. The van der Waals surface area contributed by atoms with Crippen LogP contribution in [0.5, 0.6) is 0 Å². The summed E-state index contributed by atoms with van der Waals surface area (Å²) in [6, 6.07) is 4.38. The van der Waals surface area contributed by atoms with Crippen molar-refractivity contribution in [3.05, 3.63) is 53.1 Å². The molecule has 1 aromatic carbocycles. The Kier molecular flexibility index (Phi) is 9.58. The van der Waals surface area contributed by atoms with Gasteiger partial charge in [-0.2, -0.15) is 0 Å². The number of hydrogen-bond donors (Lipinski definition) is 2. The fourth-order valence-corrected chi connectivity index (χ4v) is 7.11. The van der Waals surface area contributed by atoms with Crippen molar-refractivity contribution in [2.75, 3.05) is 31.1 Å². The average Bonchev–Trinajstić information content (AvgIpc) is 3.61. The number of aryl methyl sites for hydroxylation is 1. The minimum Gasteiger partial charge on any atom is -0.460 e. The molecule has 1 aromatic rings. The van der Waals surface area contributed by atoms with E-state index in [4.69, 9.17) is 21.1 Å². The van der Waals surface area contributed by atoms with Gasteiger partial charge >= 0.3 is 5.97 Å². The van der Waals surface area contributed by atoms with Crippen LogP contribution in [0.2, 0.25) is 5.02 Å². The van der Waals surface area contributed by atoms with Gasteiger partial charge in [-0.3, -0.25) is 19.2 Å². The molecule has 5 bridgehead atoms. The van der Waals surface area contributed by atoms with Gasteiger partial charge in [-0.25, -0.2) is 0 Å². The van der Waals surface area contributed by atoms with Crippen molar-refractivity contribution in [1.29, 1.82) is 0 Å². The molecule has 0 saturated carbocycles. The molecule has 0 unspecified atom stereocenters. The molecule has 5 rings (SSSR count). The van der Waals surface area contributed by atoms with Gasteiger partial charge in [0.1, 0.15) is 23.7 Å². The van der Waals surface area contributed by atoms with Crippen LogP contribution in [-0.4, -0.2) is 83.8 Å². The van der Waals surface area contributed by atoms with E-state index in [1.807, 2.05) is 31.2 Å². The number of ether oxygens (including phenoxy) is 2. The summed E-state index contributed by atoms with van der Waals surface area (Å²) in [5.74, 6) is -3.29. The molecule has 10 nitrogen and oxygen atoms in total. The highest BCUT2D eigenvalue weighted by Crippen LogP contribution is 2.56. The second kappa shape index (κ2) is 13.2.